The van der Waals surface area contributed by atoms with Gasteiger partial charge in [0.05, 0.1) is 26.3 Å². The Balaban J connectivity index is 1.74. The molecule has 0 aliphatic heterocycles. The lowest BCUT2D eigenvalue weighted by Crippen LogP contribution is -2.45. The van der Waals surface area contributed by atoms with Crippen LogP contribution in [0.15, 0.2) is 72.8 Å². The molecule has 0 bridgehead atoms. The molecule has 3 aromatic carbocycles. The van der Waals surface area contributed by atoms with E-state index in [-0.39, 0.29) is 12.8 Å². The second-order valence-corrected chi connectivity index (χ2v) is 11.1. The van der Waals surface area contributed by atoms with Gasteiger partial charge in [0.2, 0.25) is 0 Å². The summed E-state index contributed by atoms with van der Waals surface area (Å²) in [4.78, 5) is 12.3. The van der Waals surface area contributed by atoms with Crippen LogP contribution < -0.4 is 9.63 Å². The van der Waals surface area contributed by atoms with E-state index in [4.69, 9.17) is 13.8 Å². The summed E-state index contributed by atoms with van der Waals surface area (Å²) in [6.45, 7) is 5.46. The molecule has 0 radical (unpaired) electrons. The molecule has 3 rings (SSSR count). The first-order chi connectivity index (χ1) is 15.5. The van der Waals surface area contributed by atoms with Crippen LogP contribution in [0.5, 0.6) is 5.75 Å². The number of nitrogens with zero attached hydrogens (tertiary/aromatic N) is 1. The van der Waals surface area contributed by atoms with Gasteiger partial charge in [-0.1, -0.05) is 66.7 Å². The fraction of sp³-hybridized carbons (Fsp3) is 0.385. The van der Waals surface area contributed by atoms with Crippen LogP contribution in [-0.2, 0) is 13.6 Å². The molecule has 0 aliphatic carbocycles. The molecule has 3 aromatic rings. The van der Waals surface area contributed by atoms with Gasteiger partial charge < -0.3 is 14.2 Å². The van der Waals surface area contributed by atoms with Gasteiger partial charge in [-0.3, -0.25) is 13.6 Å². The van der Waals surface area contributed by atoms with E-state index in [0.717, 1.165) is 22.1 Å². The predicted octanol–water partition coefficient (Wildman–Crippen LogP) is 5.68. The zero-order chi connectivity index (χ0) is 24.1. The Bertz CT molecular complexity index is 1090. The monoisotopic (exact) mass is 471 g/mol. The molecular weight excluding hydrogens is 437 g/mol. The van der Waals surface area contributed by atoms with Gasteiger partial charge in [0.15, 0.2) is 6.73 Å². The van der Waals surface area contributed by atoms with Crippen LogP contribution in [0.3, 0.4) is 0 Å². The number of hydrogen-bond acceptors (Lipinski definition) is 5. The molecule has 33 heavy (non-hydrogen) atoms. The summed E-state index contributed by atoms with van der Waals surface area (Å²) >= 11 is 0. The largest absolute Gasteiger partial charge is 0.756 e. The number of quaternary nitrogens is 1. The molecule has 0 amide bonds. The molecule has 0 aliphatic rings. The Morgan fingerprint density at radius 3 is 2.27 bits per heavy atom. The highest BCUT2D eigenvalue weighted by Gasteiger charge is 2.32. The zero-order valence-electron chi connectivity index (χ0n) is 20.1. The summed E-state index contributed by atoms with van der Waals surface area (Å²) in [5.41, 5.74) is 0.240. The van der Waals surface area contributed by atoms with Crippen molar-refractivity contribution in [3.8, 4) is 5.75 Å². The summed E-state index contributed by atoms with van der Waals surface area (Å²) in [6.07, 6.45) is 0.673. The van der Waals surface area contributed by atoms with Crippen molar-refractivity contribution in [3.05, 3.63) is 78.4 Å². The van der Waals surface area contributed by atoms with Gasteiger partial charge in [-0.2, -0.15) is 0 Å². The summed E-state index contributed by atoms with van der Waals surface area (Å²) in [7, 11) is -0.538. The van der Waals surface area contributed by atoms with E-state index >= 15 is 0 Å². The Hall–Kier alpha value is -2.21. The van der Waals surface area contributed by atoms with E-state index in [1.807, 2.05) is 74.8 Å². The average molecular weight is 472 g/mol. The minimum Gasteiger partial charge on any atom is -0.756 e. The van der Waals surface area contributed by atoms with Gasteiger partial charge in [-0.05, 0) is 32.2 Å². The normalized spacial score (nSPS) is 15.2. The molecule has 0 saturated carbocycles. The Kier molecular flexibility index (Phi) is 7.99. The molecule has 0 N–H and O–H groups in total. The second kappa shape index (κ2) is 10.4. The van der Waals surface area contributed by atoms with E-state index in [1.54, 1.807) is 20.8 Å². The fourth-order valence-corrected chi connectivity index (χ4v) is 5.03. The lowest BCUT2D eigenvalue weighted by Gasteiger charge is -2.40. The number of rotatable bonds is 10. The molecular formula is C26H34NO5P. The minimum atomic E-state index is -4.44. The number of hydrogen-bond donors (Lipinski definition) is 0. The fourth-order valence-electron chi connectivity index (χ4n) is 3.87. The summed E-state index contributed by atoms with van der Waals surface area (Å²) in [5, 5.41) is 2.20. The lowest BCUT2D eigenvalue weighted by molar-refractivity contribution is -0.936. The van der Waals surface area contributed by atoms with E-state index in [2.05, 4.69) is 12.1 Å². The molecule has 1 unspecified atom stereocenters. The van der Waals surface area contributed by atoms with Crippen LogP contribution in [-0.4, -0.2) is 37.5 Å². The number of phosphoric acid groups is 1. The van der Waals surface area contributed by atoms with Gasteiger partial charge in [-0.25, -0.2) is 0 Å². The van der Waals surface area contributed by atoms with Crippen LogP contribution in [0, 0.1) is 0 Å². The SMILES string of the molecule is CC(C)(C)OP(=O)([O-])OC[N+](C)(C)[C@@H](CCOc1cccc2ccccc12)c1ccccc1. The third-order valence-corrected chi connectivity index (χ3v) is 6.56. The van der Waals surface area contributed by atoms with Gasteiger partial charge in [-0.15, -0.1) is 0 Å². The van der Waals surface area contributed by atoms with Crippen LogP contribution in [0.2, 0.25) is 0 Å². The summed E-state index contributed by atoms with van der Waals surface area (Å²) in [6, 6.07) is 24.1. The minimum absolute atomic E-state index is 0.0455. The summed E-state index contributed by atoms with van der Waals surface area (Å²) in [5.74, 6) is 0.837. The number of benzene rings is 3. The van der Waals surface area contributed by atoms with Crippen molar-refractivity contribution < 1.29 is 27.7 Å². The first kappa shape index (κ1) is 25.4. The number of ether oxygens (including phenoxy) is 1. The maximum absolute atomic E-state index is 12.3. The topological polar surface area (TPSA) is 67.8 Å². The number of fused-ring (bicyclic) bond motifs is 1. The first-order valence-corrected chi connectivity index (χ1v) is 12.6. The predicted molar refractivity (Wildman–Crippen MR) is 130 cm³/mol. The van der Waals surface area contributed by atoms with Crippen LogP contribution >= 0.6 is 7.82 Å². The van der Waals surface area contributed by atoms with E-state index in [0.29, 0.717) is 17.5 Å². The van der Waals surface area contributed by atoms with Gasteiger partial charge in [0.25, 0.3) is 7.82 Å². The van der Waals surface area contributed by atoms with E-state index in [1.165, 1.54) is 0 Å². The van der Waals surface area contributed by atoms with Crippen molar-refractivity contribution in [2.24, 2.45) is 0 Å². The van der Waals surface area contributed by atoms with Gasteiger partial charge in [0, 0.05) is 17.4 Å². The highest BCUT2D eigenvalue weighted by molar-refractivity contribution is 7.45. The quantitative estimate of drug-likeness (QED) is 0.216. The molecule has 7 heteroatoms. The molecule has 0 spiro atoms. The molecule has 0 saturated heterocycles. The average Bonchev–Trinajstić information content (AvgIpc) is 2.74. The van der Waals surface area contributed by atoms with E-state index < -0.39 is 13.4 Å². The van der Waals surface area contributed by atoms with Gasteiger partial charge >= 0.3 is 0 Å². The molecule has 0 aromatic heterocycles. The van der Waals surface area contributed by atoms with Crippen molar-refractivity contribution in [2.45, 2.75) is 38.8 Å². The Morgan fingerprint density at radius 2 is 1.58 bits per heavy atom. The van der Waals surface area contributed by atoms with Crippen LogP contribution in [0.25, 0.3) is 10.8 Å². The van der Waals surface area contributed by atoms with Crippen LogP contribution in [0.4, 0.5) is 0 Å². The maximum atomic E-state index is 12.3. The molecule has 0 heterocycles. The number of phosphoric ester groups is 1. The lowest BCUT2D eigenvalue weighted by atomic mass is 10.0. The Morgan fingerprint density at radius 1 is 0.939 bits per heavy atom. The second-order valence-electron chi connectivity index (χ2n) is 9.73. The maximum Gasteiger partial charge on any atom is 0.272 e. The zero-order valence-corrected chi connectivity index (χ0v) is 21.0. The third kappa shape index (κ3) is 7.39. The first-order valence-electron chi connectivity index (χ1n) is 11.1. The summed E-state index contributed by atoms with van der Waals surface area (Å²) < 4.78 is 29.2. The van der Waals surface area contributed by atoms with Crippen molar-refractivity contribution in [2.75, 3.05) is 27.4 Å². The van der Waals surface area contributed by atoms with Crippen molar-refractivity contribution >= 4 is 18.6 Å². The third-order valence-electron chi connectivity index (χ3n) is 5.36. The van der Waals surface area contributed by atoms with E-state index in [9.17, 15) is 9.46 Å². The smallest absolute Gasteiger partial charge is 0.272 e. The molecule has 2 atom stereocenters. The molecule has 0 fully saturated rings. The van der Waals surface area contributed by atoms with Crippen molar-refractivity contribution in [3.63, 3.8) is 0 Å². The highest BCUT2D eigenvalue weighted by atomic mass is 31.2. The molecule has 178 valence electrons. The van der Waals surface area contributed by atoms with Crippen molar-refractivity contribution in [1.29, 1.82) is 0 Å². The Labute approximate surface area is 196 Å². The molecule has 6 nitrogen and oxygen atoms in total. The van der Waals surface area contributed by atoms with Crippen molar-refractivity contribution in [1.82, 2.24) is 0 Å². The highest BCUT2D eigenvalue weighted by Crippen LogP contribution is 2.44. The standard InChI is InChI=1S/C26H34NO5P/c1-26(2,3)32-33(28,29)31-20-27(4,5)24(22-13-7-6-8-14-22)18-19-30-25-17-11-15-21-12-9-10-16-23(21)25/h6-17,24H,18-20H2,1-5H3/t24-/m0/s1. The van der Waals surface area contributed by atoms with Crippen LogP contribution in [0.1, 0.15) is 38.8 Å². The van der Waals surface area contributed by atoms with Gasteiger partial charge in [0.1, 0.15) is 11.8 Å².